The minimum atomic E-state index is -0.113. The first kappa shape index (κ1) is 23.6. The Hall–Kier alpha value is -4.52. The van der Waals surface area contributed by atoms with Crippen LogP contribution in [0, 0.1) is 0 Å². The Morgan fingerprint density at radius 2 is 1.28 bits per heavy atom. The van der Waals surface area contributed by atoms with E-state index in [0.29, 0.717) is 21.5 Å². The van der Waals surface area contributed by atoms with Crippen LogP contribution < -0.4 is 0 Å². The second-order valence-corrected chi connectivity index (χ2v) is 10.2. The van der Waals surface area contributed by atoms with Gasteiger partial charge in [0.15, 0.2) is 0 Å². The Kier molecular flexibility index (Phi) is 5.65. The molecule has 0 saturated carbocycles. The number of phenolic OH excluding ortho intramolecular Hbond substituents is 1. The van der Waals surface area contributed by atoms with Crippen LogP contribution in [0.3, 0.4) is 0 Å². The molecule has 3 aromatic heterocycles. The van der Waals surface area contributed by atoms with Gasteiger partial charge in [0, 0.05) is 55.7 Å². The molecule has 0 amide bonds. The van der Waals surface area contributed by atoms with E-state index in [9.17, 15) is 5.11 Å². The van der Waals surface area contributed by atoms with Gasteiger partial charge in [-0.25, -0.2) is 0 Å². The zero-order chi connectivity index (χ0) is 26.5. The molecule has 0 bridgehead atoms. The summed E-state index contributed by atoms with van der Waals surface area (Å²) in [5, 5.41) is 22.0. The van der Waals surface area contributed by atoms with Crippen LogP contribution in [0.2, 0.25) is 10.0 Å². The molecule has 0 aliphatic carbocycles. The summed E-state index contributed by atoms with van der Waals surface area (Å²) in [4.78, 5) is 6.80. The predicted octanol–water partition coefficient (Wildman–Crippen LogP) is 8.56. The quantitative estimate of drug-likeness (QED) is 0.200. The number of phenols is 1. The number of H-pyrrole nitrogens is 2. The minimum Gasteiger partial charge on any atom is -0.507 e. The number of aromatic nitrogens is 4. The number of hydrogen-bond acceptors (Lipinski definition) is 4. The summed E-state index contributed by atoms with van der Waals surface area (Å²) in [6.07, 6.45) is 4.08. The fourth-order valence-electron chi connectivity index (χ4n) is 5.15. The van der Waals surface area contributed by atoms with Crippen molar-refractivity contribution >= 4 is 45.0 Å². The van der Waals surface area contributed by atoms with Crippen LogP contribution in [-0.2, 0) is 0 Å². The van der Waals surface area contributed by atoms with Crippen molar-refractivity contribution in [2.75, 3.05) is 0 Å². The Morgan fingerprint density at radius 1 is 0.692 bits per heavy atom. The molecule has 7 aromatic rings. The normalized spacial score (nSPS) is 11.7. The van der Waals surface area contributed by atoms with Crippen molar-refractivity contribution in [3.8, 4) is 28.7 Å². The lowest BCUT2D eigenvalue weighted by atomic mass is 9.84. The molecule has 0 aliphatic heterocycles. The molecule has 3 N–H and O–H groups in total. The largest absolute Gasteiger partial charge is 0.507 e. The first-order valence-corrected chi connectivity index (χ1v) is 13.1. The number of aromatic hydroxyl groups is 1. The summed E-state index contributed by atoms with van der Waals surface area (Å²) in [5.41, 5.74) is 6.55. The van der Waals surface area contributed by atoms with Gasteiger partial charge in [-0.2, -0.15) is 0 Å². The minimum absolute atomic E-state index is 0.0866. The average molecular weight is 551 g/mol. The summed E-state index contributed by atoms with van der Waals surface area (Å²) in [5.74, 6) is 0.604. The molecule has 0 unspecified atom stereocenters. The van der Waals surface area contributed by atoms with Crippen LogP contribution in [-0.4, -0.2) is 25.3 Å². The molecule has 8 heteroatoms. The van der Waals surface area contributed by atoms with Crippen LogP contribution in [0.4, 0.5) is 0 Å². The molecule has 3 heterocycles. The fourth-order valence-corrected chi connectivity index (χ4v) is 5.50. The number of halogens is 2. The van der Waals surface area contributed by atoms with Crippen molar-refractivity contribution in [3.63, 3.8) is 0 Å². The van der Waals surface area contributed by atoms with Gasteiger partial charge in [-0.1, -0.05) is 47.5 Å². The molecule has 39 heavy (non-hydrogen) atoms. The summed E-state index contributed by atoms with van der Waals surface area (Å²) >= 11 is 12.8. The third-order valence-corrected chi connectivity index (χ3v) is 7.49. The van der Waals surface area contributed by atoms with E-state index in [-0.39, 0.29) is 17.6 Å². The van der Waals surface area contributed by atoms with E-state index in [0.717, 1.165) is 44.1 Å². The summed E-state index contributed by atoms with van der Waals surface area (Å²) in [6.45, 7) is 0. The number of para-hydroxylation sites is 1. The molecule has 0 saturated heterocycles. The molecular weight excluding hydrogens is 531 g/mol. The topological polar surface area (TPSA) is 90.7 Å². The van der Waals surface area contributed by atoms with E-state index in [1.807, 2.05) is 67.0 Å². The van der Waals surface area contributed by atoms with Crippen LogP contribution in [0.25, 0.3) is 44.7 Å². The van der Waals surface area contributed by atoms with Crippen molar-refractivity contribution in [1.29, 1.82) is 0 Å². The van der Waals surface area contributed by atoms with Crippen molar-refractivity contribution in [3.05, 3.63) is 124 Å². The highest BCUT2D eigenvalue weighted by molar-refractivity contribution is 6.31. The first-order valence-electron chi connectivity index (χ1n) is 12.3. The molecule has 7 rings (SSSR count). The third kappa shape index (κ3) is 4.14. The molecular formula is C31H20Cl2N4O2. The summed E-state index contributed by atoms with van der Waals surface area (Å²) in [6, 6.07) is 26.7. The van der Waals surface area contributed by atoms with E-state index in [4.69, 9.17) is 27.6 Å². The van der Waals surface area contributed by atoms with Crippen LogP contribution in [0.5, 0.6) is 5.75 Å². The Balaban J connectivity index is 1.34. The average Bonchev–Trinajstić information content (AvgIpc) is 3.69. The van der Waals surface area contributed by atoms with E-state index >= 15 is 0 Å². The van der Waals surface area contributed by atoms with Crippen LogP contribution in [0.1, 0.15) is 22.6 Å². The first-order chi connectivity index (χ1) is 19.0. The molecule has 0 atom stereocenters. The number of nitrogens with one attached hydrogen (secondary N) is 2. The second-order valence-electron chi connectivity index (χ2n) is 9.35. The van der Waals surface area contributed by atoms with Crippen LogP contribution in [0.15, 0.2) is 102 Å². The monoisotopic (exact) mass is 550 g/mol. The van der Waals surface area contributed by atoms with Crippen molar-refractivity contribution in [2.24, 2.45) is 0 Å². The SMILES string of the molecule is Oc1ccccc1-c1nnc(-c2ccc(C(c3c[nH]c4ccc(Cl)cc34)c3c[nH]c4ccc(Cl)cc34)cc2)o1. The van der Waals surface area contributed by atoms with Gasteiger partial charge in [-0.05, 0) is 77.4 Å². The lowest BCUT2D eigenvalue weighted by Crippen LogP contribution is -2.02. The van der Waals surface area contributed by atoms with E-state index in [1.54, 1.807) is 18.2 Å². The zero-order valence-electron chi connectivity index (χ0n) is 20.3. The Morgan fingerprint density at radius 3 is 1.90 bits per heavy atom. The Bertz CT molecular complexity index is 1890. The smallest absolute Gasteiger partial charge is 0.251 e. The number of hydrogen-bond donors (Lipinski definition) is 3. The number of nitrogens with zero attached hydrogens (tertiary/aromatic N) is 2. The van der Waals surface area contributed by atoms with E-state index in [2.05, 4.69) is 32.3 Å². The lowest BCUT2D eigenvalue weighted by molar-refractivity contribution is 0.473. The predicted molar refractivity (Wildman–Crippen MR) is 154 cm³/mol. The maximum atomic E-state index is 10.2. The number of aromatic amines is 2. The van der Waals surface area contributed by atoms with Gasteiger partial charge < -0.3 is 19.5 Å². The van der Waals surface area contributed by atoms with E-state index in [1.165, 1.54) is 0 Å². The van der Waals surface area contributed by atoms with Crippen molar-refractivity contribution in [1.82, 2.24) is 20.2 Å². The maximum Gasteiger partial charge on any atom is 0.251 e. The summed E-state index contributed by atoms with van der Waals surface area (Å²) in [7, 11) is 0. The molecule has 0 fully saturated rings. The van der Waals surface area contributed by atoms with Gasteiger partial charge in [-0.15, -0.1) is 10.2 Å². The zero-order valence-corrected chi connectivity index (χ0v) is 21.8. The maximum absolute atomic E-state index is 10.2. The number of rotatable bonds is 5. The van der Waals surface area contributed by atoms with Gasteiger partial charge >= 0.3 is 0 Å². The van der Waals surface area contributed by atoms with Gasteiger partial charge in [0.05, 0.1) is 5.56 Å². The van der Waals surface area contributed by atoms with Crippen LogP contribution >= 0.6 is 23.2 Å². The molecule has 4 aromatic carbocycles. The van der Waals surface area contributed by atoms with E-state index < -0.39 is 0 Å². The molecule has 0 radical (unpaired) electrons. The van der Waals surface area contributed by atoms with Gasteiger partial charge in [0.1, 0.15) is 5.75 Å². The third-order valence-electron chi connectivity index (χ3n) is 7.02. The molecule has 6 nitrogen and oxygen atoms in total. The second kappa shape index (κ2) is 9.34. The molecule has 0 aliphatic rings. The number of fused-ring (bicyclic) bond motifs is 2. The standard InChI is InChI=1S/C31H20Cl2N4O2/c32-19-9-11-26-22(13-19)24(15-34-26)29(25-16-35-27-12-10-20(33)14-23(25)27)17-5-7-18(8-6-17)30-36-37-31(39-30)21-3-1-2-4-28(21)38/h1-16,29,34-35,38H. The van der Waals surface area contributed by atoms with Gasteiger partial charge in [-0.3, -0.25) is 0 Å². The number of benzene rings is 4. The fraction of sp³-hybridized carbons (Fsp3) is 0.0323. The van der Waals surface area contributed by atoms with Gasteiger partial charge in [0.2, 0.25) is 5.89 Å². The molecule has 190 valence electrons. The highest BCUT2D eigenvalue weighted by atomic mass is 35.5. The van der Waals surface area contributed by atoms with Crippen molar-refractivity contribution < 1.29 is 9.52 Å². The lowest BCUT2D eigenvalue weighted by Gasteiger charge is -2.18. The highest BCUT2D eigenvalue weighted by Gasteiger charge is 2.24. The van der Waals surface area contributed by atoms with Crippen molar-refractivity contribution in [2.45, 2.75) is 5.92 Å². The molecule has 0 spiro atoms. The Labute approximate surface area is 232 Å². The highest BCUT2D eigenvalue weighted by Crippen LogP contribution is 2.41. The van der Waals surface area contributed by atoms with Gasteiger partial charge in [0.25, 0.3) is 5.89 Å². The summed E-state index contributed by atoms with van der Waals surface area (Å²) < 4.78 is 5.90.